The highest BCUT2D eigenvalue weighted by atomic mass is 19.4. The Hall–Kier alpha value is -2.08. The summed E-state index contributed by atoms with van der Waals surface area (Å²) in [5.41, 5.74) is -1.86. The molecule has 1 aromatic carbocycles. The number of benzene rings is 1. The quantitative estimate of drug-likeness (QED) is 0.508. The topological polar surface area (TPSA) is 26.3 Å². The molecule has 0 atom stereocenters. The fraction of sp³-hybridized carbons (Fsp3) is 0.417. The lowest BCUT2D eigenvalue weighted by Crippen LogP contribution is -2.56. The summed E-state index contributed by atoms with van der Waals surface area (Å²) in [7, 11) is 0. The average molecular weight is 390 g/mol. The van der Waals surface area contributed by atoms with E-state index in [0.717, 1.165) is 0 Å². The third-order valence-electron chi connectivity index (χ3n) is 2.67. The third-order valence-corrected chi connectivity index (χ3v) is 2.67. The van der Waals surface area contributed by atoms with Gasteiger partial charge in [-0.25, -0.2) is 0 Å². The number of alkyl halides is 11. The van der Waals surface area contributed by atoms with Gasteiger partial charge in [0.15, 0.2) is 0 Å². The molecule has 0 saturated heterocycles. The van der Waals surface area contributed by atoms with E-state index in [9.17, 15) is 53.1 Å². The molecule has 13 heteroatoms. The van der Waals surface area contributed by atoms with E-state index in [1.807, 2.05) is 0 Å². The number of carbonyl (C=O) groups excluding carboxylic acids is 1. The van der Waals surface area contributed by atoms with E-state index in [2.05, 4.69) is 4.74 Å². The minimum absolute atomic E-state index is 0.138. The van der Waals surface area contributed by atoms with Gasteiger partial charge in [-0.15, -0.1) is 0 Å². The zero-order valence-electron chi connectivity index (χ0n) is 11.4. The number of hydrogen-bond acceptors (Lipinski definition) is 2. The Kier molecular flexibility index (Phi) is 5.31. The molecule has 1 rings (SSSR count). The third kappa shape index (κ3) is 3.79. The van der Waals surface area contributed by atoms with Crippen LogP contribution in [0.4, 0.5) is 48.3 Å². The minimum atomic E-state index is -6.85. The molecule has 0 aliphatic rings. The Morgan fingerprint density at radius 2 is 1.36 bits per heavy atom. The summed E-state index contributed by atoms with van der Waals surface area (Å²) in [5, 5.41) is 0. The fourth-order valence-corrected chi connectivity index (χ4v) is 1.42. The highest BCUT2D eigenvalue weighted by Crippen LogP contribution is 2.48. The monoisotopic (exact) mass is 390 g/mol. The molecule has 0 aliphatic carbocycles. The number of Topliss-reactive ketones (excluding diaryl/α,β-unsaturated/α-hetero) is 1. The lowest BCUT2D eigenvalue weighted by molar-refractivity contribution is -0.339. The van der Waals surface area contributed by atoms with Gasteiger partial charge < -0.3 is 4.74 Å². The van der Waals surface area contributed by atoms with Crippen LogP contribution in [0.1, 0.15) is 10.4 Å². The Morgan fingerprint density at radius 3 is 1.80 bits per heavy atom. The molecule has 0 amide bonds. The molecule has 0 aliphatic heterocycles. The van der Waals surface area contributed by atoms with Crippen molar-refractivity contribution in [1.29, 1.82) is 0 Å². The Bertz CT molecular complexity index is 636. The van der Waals surface area contributed by atoms with Crippen LogP contribution in [0.5, 0.6) is 5.75 Å². The predicted octanol–water partition coefficient (Wildman–Crippen LogP) is 4.94. The first kappa shape index (κ1) is 21.0. The first-order valence-corrected chi connectivity index (χ1v) is 5.87. The summed E-state index contributed by atoms with van der Waals surface area (Å²) in [4.78, 5) is 11.4. The molecule has 0 bridgehead atoms. The van der Waals surface area contributed by atoms with Crippen LogP contribution in [0.3, 0.4) is 0 Å². The van der Waals surface area contributed by atoms with Gasteiger partial charge in [-0.1, -0.05) is 12.1 Å². The minimum Gasteiger partial charge on any atom is -0.428 e. The molecule has 0 aromatic heterocycles. The van der Waals surface area contributed by atoms with Crippen molar-refractivity contribution in [3.63, 3.8) is 0 Å². The van der Waals surface area contributed by atoms with E-state index < -0.39 is 47.7 Å². The number of para-hydroxylation sites is 1. The maximum absolute atomic E-state index is 13.3. The van der Waals surface area contributed by atoms with Gasteiger partial charge in [-0.2, -0.15) is 48.3 Å². The van der Waals surface area contributed by atoms with Crippen LogP contribution in [0.15, 0.2) is 24.3 Å². The summed E-state index contributed by atoms with van der Waals surface area (Å²) in [6, 6.07) is 1.71. The van der Waals surface area contributed by atoms with E-state index in [1.54, 1.807) is 0 Å². The fourth-order valence-electron chi connectivity index (χ4n) is 1.42. The summed E-state index contributed by atoms with van der Waals surface area (Å²) in [6.45, 7) is 0. The lowest BCUT2D eigenvalue weighted by Gasteiger charge is -2.27. The van der Waals surface area contributed by atoms with Crippen LogP contribution in [0.25, 0.3) is 0 Å². The summed E-state index contributed by atoms with van der Waals surface area (Å²) < 4.78 is 142. The normalized spacial score (nSPS) is 13.9. The maximum Gasteiger partial charge on any atom is 0.461 e. The van der Waals surface area contributed by atoms with Gasteiger partial charge in [0, 0.05) is 0 Å². The molecule has 142 valence electrons. The molecule has 0 heterocycles. The van der Waals surface area contributed by atoms with E-state index in [1.165, 1.54) is 0 Å². The average Bonchev–Trinajstić information content (AvgIpc) is 2.45. The molecule has 2 nitrogen and oxygen atoms in total. The number of halogens is 11. The van der Waals surface area contributed by atoms with Gasteiger partial charge in [-0.05, 0) is 12.1 Å². The smallest absolute Gasteiger partial charge is 0.428 e. The molecule has 0 saturated carbocycles. The van der Waals surface area contributed by atoms with Crippen LogP contribution in [0.2, 0.25) is 0 Å². The second-order valence-electron chi connectivity index (χ2n) is 4.44. The van der Waals surface area contributed by atoms with Crippen molar-refractivity contribution in [2.75, 3.05) is 0 Å². The SMILES string of the molecule is O=C(c1ccccc1OC(F)(F)C(F)F)C(F)(F)C(F)(F)C(F)(F)F. The molecule has 1 aromatic rings. The van der Waals surface area contributed by atoms with Gasteiger partial charge >= 0.3 is 30.6 Å². The first-order valence-electron chi connectivity index (χ1n) is 5.87. The molecule has 0 unspecified atom stereocenters. The number of carbonyl (C=O) groups is 1. The van der Waals surface area contributed by atoms with Gasteiger partial charge in [-0.3, -0.25) is 4.79 Å². The molecule has 0 radical (unpaired) electrons. The van der Waals surface area contributed by atoms with Crippen molar-refractivity contribution in [3.05, 3.63) is 29.8 Å². The molecule has 0 N–H and O–H groups in total. The highest BCUT2D eigenvalue weighted by Gasteiger charge is 2.76. The van der Waals surface area contributed by atoms with Gasteiger partial charge in [0.05, 0.1) is 5.56 Å². The van der Waals surface area contributed by atoms with Crippen LogP contribution in [0, 0.1) is 0 Å². The Morgan fingerprint density at radius 1 is 0.880 bits per heavy atom. The summed E-state index contributed by atoms with van der Waals surface area (Å²) in [6.07, 6.45) is -16.7. The van der Waals surface area contributed by atoms with Crippen molar-refractivity contribution >= 4 is 5.78 Å². The van der Waals surface area contributed by atoms with Crippen LogP contribution < -0.4 is 4.74 Å². The second kappa shape index (κ2) is 6.33. The van der Waals surface area contributed by atoms with Gasteiger partial charge in [0.1, 0.15) is 5.75 Å². The van der Waals surface area contributed by atoms with E-state index in [-0.39, 0.29) is 12.1 Å². The molecule has 25 heavy (non-hydrogen) atoms. The van der Waals surface area contributed by atoms with Gasteiger partial charge in [0.25, 0.3) is 0 Å². The van der Waals surface area contributed by atoms with Crippen molar-refractivity contribution in [2.45, 2.75) is 30.6 Å². The second-order valence-corrected chi connectivity index (χ2v) is 4.44. The standard InChI is InChI=1S/C12H5F11O2/c13-8(14)10(17,18)25-6-4-2-1-3-5(6)7(24)9(15,16)11(19,20)12(21,22)23/h1-4,8H. The van der Waals surface area contributed by atoms with E-state index in [4.69, 9.17) is 0 Å². The number of ether oxygens (including phenoxy) is 1. The van der Waals surface area contributed by atoms with E-state index >= 15 is 0 Å². The Balaban J connectivity index is 3.37. The van der Waals surface area contributed by atoms with E-state index in [0.29, 0.717) is 12.1 Å². The maximum atomic E-state index is 13.3. The Labute approximate surface area is 131 Å². The summed E-state index contributed by atoms with van der Waals surface area (Å²) >= 11 is 0. The van der Waals surface area contributed by atoms with Crippen LogP contribution in [-0.2, 0) is 0 Å². The number of rotatable bonds is 6. The zero-order chi connectivity index (χ0) is 19.8. The van der Waals surface area contributed by atoms with Crippen molar-refractivity contribution in [1.82, 2.24) is 0 Å². The van der Waals surface area contributed by atoms with Gasteiger partial charge in [0.2, 0.25) is 5.78 Å². The van der Waals surface area contributed by atoms with Crippen LogP contribution in [-0.4, -0.2) is 36.3 Å². The summed E-state index contributed by atoms with van der Waals surface area (Å²) in [5.74, 6) is -18.2. The number of ketones is 1. The van der Waals surface area contributed by atoms with Crippen molar-refractivity contribution in [3.8, 4) is 5.75 Å². The molecular formula is C12H5F11O2. The van der Waals surface area contributed by atoms with Crippen molar-refractivity contribution < 1.29 is 57.8 Å². The molecule has 0 fully saturated rings. The zero-order valence-corrected chi connectivity index (χ0v) is 11.4. The number of hydrogen-bond donors (Lipinski definition) is 0. The van der Waals surface area contributed by atoms with Crippen LogP contribution >= 0.6 is 0 Å². The predicted molar refractivity (Wildman–Crippen MR) is 58.3 cm³/mol. The lowest BCUT2D eigenvalue weighted by atomic mass is 9.99. The molecule has 0 spiro atoms. The largest absolute Gasteiger partial charge is 0.461 e. The molecular weight excluding hydrogens is 385 g/mol. The van der Waals surface area contributed by atoms with Crippen molar-refractivity contribution in [2.24, 2.45) is 0 Å². The highest BCUT2D eigenvalue weighted by molar-refractivity contribution is 6.04. The first-order chi connectivity index (χ1) is 11.1.